The van der Waals surface area contributed by atoms with Crippen LogP contribution in [0, 0.1) is 24.7 Å². The van der Waals surface area contributed by atoms with Crippen LogP contribution in [0.1, 0.15) is 11.1 Å². The molecule has 0 atom stereocenters. The summed E-state index contributed by atoms with van der Waals surface area (Å²) in [7, 11) is -4.83. The zero-order chi connectivity index (χ0) is 43.1. The fourth-order valence-corrected chi connectivity index (χ4v) is 22.6. The van der Waals surface area contributed by atoms with E-state index < -0.39 is 32.0 Å². The van der Waals surface area contributed by atoms with Gasteiger partial charge in [-0.25, -0.2) is 0 Å². The third kappa shape index (κ3) is 10.2. The van der Waals surface area contributed by atoms with Crippen LogP contribution < -0.4 is 42.0 Å². The molecule has 2 heterocycles. The zero-order valence-electron chi connectivity index (χ0n) is 36.6. The number of benzene rings is 8. The van der Waals surface area contributed by atoms with Crippen molar-refractivity contribution in [2.24, 2.45) is 0 Å². The van der Waals surface area contributed by atoms with Crippen LogP contribution in [-0.4, -0.2) is 28.5 Å². The van der Waals surface area contributed by atoms with Crippen LogP contribution >= 0.6 is 15.8 Å². The van der Waals surface area contributed by atoms with Crippen LogP contribution in [0.4, 0.5) is 0 Å². The maximum Gasteiger partial charge on any atom is 1.00 e. The molecule has 10 rings (SSSR count). The van der Waals surface area contributed by atoms with Crippen LogP contribution in [-0.2, 0) is 44.8 Å². The van der Waals surface area contributed by atoms with E-state index in [-0.39, 0.29) is 44.8 Å². The Kier molecular flexibility index (Phi) is 17.1. The summed E-state index contributed by atoms with van der Waals surface area (Å²) in [5.41, 5.74) is 7.28. The SMILES string of the molecule is [Au+].[Au+].[C-]#Cc1cccc2c1[Si](C)(C)c1ccccc1-2.[C-]#Cc1cccc2c1[Si](C)(C)c1ccccc1-2.c1ccc([PH+](CC[PH+](c2ccccc2)c2ccccc2)c2ccccc2)cc1. The first-order valence-electron chi connectivity index (χ1n) is 21.5. The Labute approximate surface area is 418 Å². The van der Waals surface area contributed by atoms with Crippen molar-refractivity contribution in [3.8, 4) is 34.1 Å². The van der Waals surface area contributed by atoms with Gasteiger partial charge in [0.15, 0.2) is 0 Å². The quantitative estimate of drug-likeness (QED) is 0.0647. The van der Waals surface area contributed by atoms with E-state index in [9.17, 15) is 0 Å². The van der Waals surface area contributed by atoms with Crippen molar-refractivity contribution in [3.63, 3.8) is 0 Å². The van der Waals surface area contributed by atoms with Crippen molar-refractivity contribution >= 4 is 74.0 Å². The summed E-state index contributed by atoms with van der Waals surface area (Å²) >= 11 is 0. The smallest absolute Gasteiger partial charge is 0.366 e. The van der Waals surface area contributed by atoms with E-state index >= 15 is 0 Å². The fraction of sp³-hybridized carbons (Fsp3) is 0.103. The average molecular weight is 1260 g/mol. The molecule has 0 aromatic heterocycles. The van der Waals surface area contributed by atoms with E-state index in [0.29, 0.717) is 0 Å². The second kappa shape index (κ2) is 22.2. The molecule has 6 heteroatoms. The Morgan fingerprint density at radius 2 is 0.609 bits per heavy atom. The van der Waals surface area contributed by atoms with E-state index in [0.717, 1.165) is 11.1 Å². The predicted molar refractivity (Wildman–Crippen MR) is 280 cm³/mol. The molecule has 2 aliphatic heterocycles. The number of hydrogen-bond donors (Lipinski definition) is 0. The molecule has 0 N–H and O–H groups in total. The molecule has 0 amide bonds. The van der Waals surface area contributed by atoms with Gasteiger partial charge in [0.1, 0.15) is 12.3 Å². The van der Waals surface area contributed by atoms with Crippen molar-refractivity contribution in [1.82, 2.24) is 0 Å². The van der Waals surface area contributed by atoms with Gasteiger partial charge in [0.25, 0.3) is 0 Å². The first-order chi connectivity index (χ1) is 30.2. The van der Waals surface area contributed by atoms with Gasteiger partial charge in [-0.05, 0) is 81.2 Å². The molecule has 2 aliphatic rings. The molecule has 0 radical (unpaired) electrons. The van der Waals surface area contributed by atoms with Crippen molar-refractivity contribution in [3.05, 3.63) is 230 Å². The number of rotatable bonds is 7. The van der Waals surface area contributed by atoms with Crippen molar-refractivity contribution in [2.75, 3.05) is 12.3 Å². The summed E-state index contributed by atoms with van der Waals surface area (Å²) in [6.07, 6.45) is 17.5. The van der Waals surface area contributed by atoms with Crippen molar-refractivity contribution in [1.29, 1.82) is 0 Å². The normalized spacial score (nSPS) is 12.8. The topological polar surface area (TPSA) is 0 Å². The minimum absolute atomic E-state index is 0. The van der Waals surface area contributed by atoms with Gasteiger partial charge in [-0.15, -0.1) is 33.6 Å². The molecule has 0 saturated heterocycles. The minimum Gasteiger partial charge on any atom is -0.366 e. The maximum atomic E-state index is 7.47. The van der Waals surface area contributed by atoms with Gasteiger partial charge < -0.3 is 12.8 Å². The second-order valence-electron chi connectivity index (χ2n) is 17.0. The van der Waals surface area contributed by atoms with Crippen LogP contribution in [0.5, 0.6) is 0 Å². The van der Waals surface area contributed by atoms with Gasteiger partial charge in [-0.3, -0.25) is 11.8 Å². The van der Waals surface area contributed by atoms with Crippen LogP contribution in [0.2, 0.25) is 26.2 Å². The molecule has 0 nitrogen and oxygen atoms in total. The Hall–Kier alpha value is -4.35. The first kappa shape index (κ1) is 49.1. The third-order valence-corrected chi connectivity index (χ3v) is 25.8. The van der Waals surface area contributed by atoms with E-state index in [1.54, 1.807) is 0 Å². The molecule has 0 saturated carbocycles. The molecule has 0 unspecified atom stereocenters. The Morgan fingerprint density at radius 1 is 0.344 bits per heavy atom. The van der Waals surface area contributed by atoms with Gasteiger partial charge in [-0.2, -0.15) is 0 Å². The number of hydrogen-bond acceptors (Lipinski definition) is 0. The van der Waals surface area contributed by atoms with Gasteiger partial charge in [0.05, 0.1) is 53.2 Å². The van der Waals surface area contributed by atoms with Gasteiger partial charge >= 0.3 is 44.8 Å². The molecule has 0 fully saturated rings. The van der Waals surface area contributed by atoms with E-state index in [1.807, 2.05) is 24.3 Å². The fourth-order valence-electron chi connectivity index (χ4n) is 9.62. The molecule has 0 bridgehead atoms. The molecule has 8 aromatic rings. The molecule has 0 spiro atoms. The van der Waals surface area contributed by atoms with Crippen LogP contribution in [0.25, 0.3) is 22.3 Å². The van der Waals surface area contributed by atoms with Crippen LogP contribution in [0.3, 0.4) is 0 Å². The molecule has 8 aromatic carbocycles. The van der Waals surface area contributed by atoms with E-state index in [2.05, 4.69) is 220 Å². The van der Waals surface area contributed by atoms with E-state index in [1.165, 1.54) is 76.5 Å². The Balaban J connectivity index is 0.000000165. The summed E-state index contributed by atoms with van der Waals surface area (Å²) in [4.78, 5) is 0. The summed E-state index contributed by atoms with van der Waals surface area (Å²) < 4.78 is 0. The predicted octanol–water partition coefficient (Wildman–Crippen LogP) is 9.57. The summed E-state index contributed by atoms with van der Waals surface area (Å²) in [5, 5.41) is 11.8. The summed E-state index contributed by atoms with van der Waals surface area (Å²) in [6, 6.07) is 74.2. The standard InChI is InChI=1S/C26H24P2.2C16H13Si.2Au/c1-5-13-23(14-6-1)27(24-15-7-2-8-16-24)21-22-28(25-17-9-3-10-18-25)26-19-11-4-12-20-26;2*1-4-12-8-7-10-14-13-9-5-6-11-15(13)17(2,3)16(12)14;;/h1-20H,21-22H2;2*5-11H,2-3H3;;/q;2*-1;2*+1/p+2. The van der Waals surface area contributed by atoms with Gasteiger partial charge in [0.2, 0.25) is 0 Å². The van der Waals surface area contributed by atoms with Gasteiger partial charge in [0, 0.05) is 0 Å². The minimum atomic E-state index is -1.63. The largest absolute Gasteiger partial charge is 1.00 e. The van der Waals surface area contributed by atoms with Crippen LogP contribution in [0.15, 0.2) is 206 Å². The maximum absolute atomic E-state index is 7.47. The number of fused-ring (bicyclic) bond motifs is 6. The first-order valence-corrected chi connectivity index (χ1v) is 30.9. The summed E-state index contributed by atoms with van der Waals surface area (Å²) in [5.74, 6) is 5.21. The van der Waals surface area contributed by atoms with Crippen molar-refractivity contribution < 1.29 is 44.8 Å². The third-order valence-electron chi connectivity index (χ3n) is 12.5. The average Bonchev–Trinajstić information content (AvgIpc) is 3.72. The molecular formula is C58H52Au2P2Si2+2. The molecular weight excluding hydrogens is 1210 g/mol. The Bertz CT molecular complexity index is 2610. The second-order valence-corrected chi connectivity index (χ2v) is 30.8. The molecule has 322 valence electrons. The molecule has 0 aliphatic carbocycles. The van der Waals surface area contributed by atoms with Gasteiger partial charge in [-0.1, -0.05) is 172 Å². The monoisotopic (exact) mass is 1260 g/mol. The summed E-state index contributed by atoms with van der Waals surface area (Å²) in [6.45, 7) is 9.44. The zero-order valence-corrected chi connectivity index (χ0v) is 45.0. The van der Waals surface area contributed by atoms with Crippen molar-refractivity contribution in [2.45, 2.75) is 26.2 Å². The van der Waals surface area contributed by atoms with E-state index in [4.69, 9.17) is 12.8 Å². The molecule has 64 heavy (non-hydrogen) atoms. The Morgan fingerprint density at radius 3 is 0.906 bits per heavy atom.